The van der Waals surface area contributed by atoms with Gasteiger partial charge < -0.3 is 14.9 Å². The highest BCUT2D eigenvalue weighted by Gasteiger charge is 2.37. The molecule has 0 spiro atoms. The summed E-state index contributed by atoms with van der Waals surface area (Å²) in [5.41, 5.74) is 1.14. The van der Waals surface area contributed by atoms with Crippen molar-refractivity contribution in [3.8, 4) is 10.4 Å². The number of rotatable bonds is 6. The summed E-state index contributed by atoms with van der Waals surface area (Å²) >= 11 is 1.12. The lowest BCUT2D eigenvalue weighted by atomic mass is 9.82. The van der Waals surface area contributed by atoms with Crippen LogP contribution in [0.3, 0.4) is 0 Å². The normalized spacial score (nSPS) is 21.8. The van der Waals surface area contributed by atoms with Gasteiger partial charge in [-0.1, -0.05) is 6.92 Å². The number of aromatic carboxylic acids is 1. The fraction of sp³-hybridized carbons (Fsp3) is 0.520. The number of amides is 1. The minimum absolute atomic E-state index is 0.0198. The molecule has 1 saturated heterocycles. The molecule has 8 nitrogen and oxygen atoms in total. The molecule has 1 aromatic carbocycles. The van der Waals surface area contributed by atoms with Gasteiger partial charge in [0.25, 0.3) is 5.69 Å². The summed E-state index contributed by atoms with van der Waals surface area (Å²) in [4.78, 5) is 41.5. The lowest BCUT2D eigenvalue weighted by Crippen LogP contribution is -2.49. The van der Waals surface area contributed by atoms with Crippen LogP contribution < -0.4 is 4.90 Å². The number of piperidine rings is 1. The van der Waals surface area contributed by atoms with Crippen LogP contribution in [0.5, 0.6) is 0 Å². The second-order valence-corrected chi connectivity index (χ2v) is 10.7. The number of carboxylic acids is 1. The number of benzene rings is 1. The van der Waals surface area contributed by atoms with Crippen molar-refractivity contribution < 1.29 is 19.6 Å². The van der Waals surface area contributed by atoms with Crippen molar-refractivity contribution in [2.45, 2.75) is 51.5 Å². The quantitative estimate of drug-likeness (QED) is 0.441. The van der Waals surface area contributed by atoms with Gasteiger partial charge in [0, 0.05) is 29.0 Å². The molecule has 1 saturated carbocycles. The van der Waals surface area contributed by atoms with E-state index < -0.39 is 10.9 Å². The fourth-order valence-corrected chi connectivity index (χ4v) is 6.05. The molecular formula is C25H31N3O5S. The van der Waals surface area contributed by atoms with Crippen molar-refractivity contribution in [1.29, 1.82) is 0 Å². The molecule has 2 aliphatic rings. The van der Waals surface area contributed by atoms with Gasteiger partial charge in [-0.2, -0.15) is 0 Å². The zero-order valence-electron chi connectivity index (χ0n) is 19.6. The molecule has 2 aromatic rings. The van der Waals surface area contributed by atoms with E-state index >= 15 is 0 Å². The maximum Gasteiger partial charge on any atom is 0.348 e. The Morgan fingerprint density at radius 3 is 2.26 bits per heavy atom. The monoisotopic (exact) mass is 485 g/mol. The molecule has 1 aliphatic heterocycles. The Morgan fingerprint density at radius 1 is 1.09 bits per heavy atom. The molecule has 2 fully saturated rings. The fourth-order valence-electron chi connectivity index (χ4n) is 5.06. The molecule has 9 heteroatoms. The number of non-ortho nitro benzene ring substituents is 1. The van der Waals surface area contributed by atoms with Crippen LogP contribution in [0.1, 0.15) is 55.1 Å². The van der Waals surface area contributed by atoms with Gasteiger partial charge in [0.05, 0.1) is 10.6 Å². The van der Waals surface area contributed by atoms with Crippen LogP contribution in [-0.2, 0) is 4.79 Å². The summed E-state index contributed by atoms with van der Waals surface area (Å²) in [5.74, 6) is -0.487. The van der Waals surface area contributed by atoms with E-state index in [0.717, 1.165) is 63.0 Å². The number of hydrogen-bond acceptors (Lipinski definition) is 6. The Kier molecular flexibility index (Phi) is 7.33. The highest BCUT2D eigenvalue weighted by atomic mass is 32.1. The second-order valence-electron chi connectivity index (χ2n) is 9.63. The number of likely N-dealkylation sites (tertiary alicyclic amines) is 1. The third-order valence-corrected chi connectivity index (χ3v) is 8.35. The number of carbonyl (C=O) groups excluding carboxylic acids is 1. The average Bonchev–Trinajstić information content (AvgIpc) is 3.26. The highest BCUT2D eigenvalue weighted by molar-refractivity contribution is 7.18. The molecule has 0 unspecified atom stereocenters. The van der Waals surface area contributed by atoms with Gasteiger partial charge in [0.15, 0.2) is 0 Å². The van der Waals surface area contributed by atoms with E-state index in [4.69, 9.17) is 0 Å². The van der Waals surface area contributed by atoms with Crippen molar-refractivity contribution >= 4 is 34.6 Å². The number of nitro groups is 1. The first kappa shape index (κ1) is 24.3. The molecular weight excluding hydrogens is 454 g/mol. The van der Waals surface area contributed by atoms with Gasteiger partial charge in [-0.15, -0.1) is 11.3 Å². The molecule has 1 aliphatic carbocycles. The highest BCUT2D eigenvalue weighted by Crippen LogP contribution is 2.41. The lowest BCUT2D eigenvalue weighted by Gasteiger charge is -2.39. The van der Waals surface area contributed by atoms with E-state index in [-0.39, 0.29) is 28.4 Å². The van der Waals surface area contributed by atoms with Gasteiger partial charge in [0.2, 0.25) is 5.91 Å². The first-order valence-corrected chi connectivity index (χ1v) is 12.7. The third kappa shape index (κ3) is 5.15. The second kappa shape index (κ2) is 10.2. The van der Waals surface area contributed by atoms with Crippen molar-refractivity contribution in [3.05, 3.63) is 45.3 Å². The van der Waals surface area contributed by atoms with Crippen LogP contribution in [0, 0.1) is 22.0 Å². The summed E-state index contributed by atoms with van der Waals surface area (Å²) in [6.45, 7) is 3.93. The van der Waals surface area contributed by atoms with Crippen LogP contribution in [-0.4, -0.2) is 53.0 Å². The summed E-state index contributed by atoms with van der Waals surface area (Å²) < 4.78 is 0. The van der Waals surface area contributed by atoms with Crippen molar-refractivity contribution in [2.24, 2.45) is 11.8 Å². The Balaban J connectivity index is 1.72. The standard InChI is InChI=1S/C25H31N3O5S/c1-16-3-5-18(6-4-16)24(29)27(19-11-13-26(2)14-12-19)21-15-22(34-23(21)25(30)31)17-7-9-20(10-8-17)28(32)33/h7-10,15-16,18-19H,3-6,11-14H2,1-2H3,(H,30,31). The predicted octanol–water partition coefficient (Wildman–Crippen LogP) is 5.28. The maximum absolute atomic E-state index is 13.9. The smallest absolute Gasteiger partial charge is 0.348 e. The number of carbonyl (C=O) groups is 2. The van der Waals surface area contributed by atoms with Crippen molar-refractivity contribution in [1.82, 2.24) is 4.90 Å². The Morgan fingerprint density at radius 2 is 1.71 bits per heavy atom. The Bertz CT molecular complexity index is 1050. The van der Waals surface area contributed by atoms with Gasteiger partial charge in [0.1, 0.15) is 4.88 Å². The SMILES string of the molecule is CC1CCC(C(=O)N(c2cc(-c3ccc([N+](=O)[O-])cc3)sc2C(=O)O)C2CCN(C)CC2)CC1. The molecule has 4 rings (SSSR count). The van der Waals surface area contributed by atoms with Crippen molar-refractivity contribution in [3.63, 3.8) is 0 Å². The number of thiophene rings is 1. The zero-order valence-corrected chi connectivity index (χ0v) is 20.4. The summed E-state index contributed by atoms with van der Waals surface area (Å²) in [7, 11) is 2.06. The van der Waals surface area contributed by atoms with E-state index in [1.54, 1.807) is 23.1 Å². The van der Waals surface area contributed by atoms with Crippen molar-refractivity contribution in [2.75, 3.05) is 25.0 Å². The van der Waals surface area contributed by atoms with E-state index in [2.05, 4.69) is 18.9 Å². The minimum Gasteiger partial charge on any atom is -0.477 e. The van der Waals surface area contributed by atoms with Crippen LogP contribution in [0.15, 0.2) is 30.3 Å². The molecule has 1 amide bonds. The molecule has 2 heterocycles. The maximum atomic E-state index is 13.9. The first-order valence-electron chi connectivity index (χ1n) is 11.9. The van der Waals surface area contributed by atoms with Crippen LogP contribution in [0.4, 0.5) is 11.4 Å². The summed E-state index contributed by atoms with van der Waals surface area (Å²) in [5, 5.41) is 21.0. The summed E-state index contributed by atoms with van der Waals surface area (Å²) in [6, 6.07) is 7.83. The largest absolute Gasteiger partial charge is 0.477 e. The van der Waals surface area contributed by atoms with Gasteiger partial charge in [-0.25, -0.2) is 4.79 Å². The van der Waals surface area contributed by atoms with Crippen LogP contribution in [0.25, 0.3) is 10.4 Å². The first-order chi connectivity index (χ1) is 16.2. The number of hydrogen-bond donors (Lipinski definition) is 1. The topological polar surface area (TPSA) is 104 Å². The number of carboxylic acid groups (broad SMARTS) is 1. The summed E-state index contributed by atoms with van der Waals surface area (Å²) in [6.07, 6.45) is 5.30. The molecule has 1 N–H and O–H groups in total. The molecule has 34 heavy (non-hydrogen) atoms. The molecule has 1 aromatic heterocycles. The zero-order chi connectivity index (χ0) is 24.4. The molecule has 0 atom stereocenters. The van der Waals surface area contributed by atoms with Crippen LogP contribution in [0.2, 0.25) is 0 Å². The van der Waals surface area contributed by atoms with E-state index in [9.17, 15) is 24.8 Å². The van der Waals surface area contributed by atoms with Gasteiger partial charge in [-0.3, -0.25) is 14.9 Å². The molecule has 0 radical (unpaired) electrons. The number of anilines is 1. The minimum atomic E-state index is -1.06. The van der Waals surface area contributed by atoms with Gasteiger partial charge in [-0.05, 0) is 88.3 Å². The average molecular weight is 486 g/mol. The number of nitrogens with zero attached hydrogens (tertiary/aromatic N) is 3. The predicted molar refractivity (Wildman–Crippen MR) is 132 cm³/mol. The lowest BCUT2D eigenvalue weighted by molar-refractivity contribution is -0.384. The molecule has 0 bridgehead atoms. The van der Waals surface area contributed by atoms with E-state index in [1.165, 1.54) is 12.1 Å². The third-order valence-electron chi connectivity index (χ3n) is 7.18. The van der Waals surface area contributed by atoms with Crippen LogP contribution >= 0.6 is 11.3 Å². The Labute approximate surface area is 203 Å². The van der Waals surface area contributed by atoms with Gasteiger partial charge >= 0.3 is 5.97 Å². The van der Waals surface area contributed by atoms with E-state index in [0.29, 0.717) is 22.0 Å². The number of nitro benzene ring substituents is 1. The molecule has 182 valence electrons. The van der Waals surface area contributed by atoms with E-state index in [1.807, 2.05) is 0 Å². The Hall–Kier alpha value is -2.78.